The number of benzene rings is 2. The molecule has 7 nitrogen and oxygen atoms in total. The van der Waals surface area contributed by atoms with E-state index < -0.39 is 24.0 Å². The number of hydrogen-bond donors (Lipinski definition) is 2. The second kappa shape index (κ2) is 11.2. The van der Waals surface area contributed by atoms with Gasteiger partial charge in [-0.15, -0.1) is 0 Å². The molecule has 1 aliphatic heterocycles. The van der Waals surface area contributed by atoms with Crippen LogP contribution in [-0.4, -0.2) is 47.0 Å². The molecule has 0 bridgehead atoms. The molecule has 0 fully saturated rings. The SMILES string of the molecule is CC(=O)SC[C@@H](Cc1ccc2c(c1)OCCO2)C(=O)C(NC(C)C(=O)O)c1ccccc1. The van der Waals surface area contributed by atoms with E-state index >= 15 is 0 Å². The van der Waals surface area contributed by atoms with Crippen LogP contribution in [0, 0.1) is 5.92 Å². The average Bonchev–Trinajstić information content (AvgIpc) is 2.79. The Kier molecular flexibility index (Phi) is 8.30. The van der Waals surface area contributed by atoms with E-state index in [9.17, 15) is 19.5 Å². The van der Waals surface area contributed by atoms with Gasteiger partial charge in [0.2, 0.25) is 0 Å². The van der Waals surface area contributed by atoms with Crippen molar-refractivity contribution in [2.24, 2.45) is 5.92 Å². The molecule has 3 rings (SSSR count). The highest BCUT2D eigenvalue weighted by Crippen LogP contribution is 2.32. The van der Waals surface area contributed by atoms with Gasteiger partial charge in [-0.3, -0.25) is 19.7 Å². The third-order valence-corrected chi connectivity index (χ3v) is 6.16. The summed E-state index contributed by atoms with van der Waals surface area (Å²) in [5.41, 5.74) is 1.57. The number of aliphatic carboxylic acids is 1. The summed E-state index contributed by atoms with van der Waals surface area (Å²) in [6.45, 7) is 3.93. The number of fused-ring (bicyclic) bond motifs is 1. The van der Waals surface area contributed by atoms with Crippen LogP contribution in [0.15, 0.2) is 48.5 Å². The number of carboxylic acid groups (broad SMARTS) is 1. The standard InChI is InChI=1S/C24H27NO6S/c1-15(24(28)29)25-22(18-6-4-3-5-7-18)23(27)19(14-32-16(2)26)12-17-8-9-20-21(13-17)31-11-10-30-20/h3-9,13,15,19,22,25H,10-12,14H2,1-2H3,(H,28,29)/t15?,19-,22?/m1/s1. The van der Waals surface area contributed by atoms with Crippen molar-refractivity contribution in [1.29, 1.82) is 0 Å². The van der Waals surface area contributed by atoms with E-state index in [0.29, 0.717) is 42.4 Å². The van der Waals surface area contributed by atoms with Crippen LogP contribution < -0.4 is 14.8 Å². The van der Waals surface area contributed by atoms with Crippen molar-refractivity contribution in [2.45, 2.75) is 32.4 Å². The smallest absolute Gasteiger partial charge is 0.320 e. The average molecular weight is 458 g/mol. The number of carboxylic acids is 1. The molecule has 0 aliphatic carbocycles. The Morgan fingerprint density at radius 2 is 1.75 bits per heavy atom. The van der Waals surface area contributed by atoms with Crippen LogP contribution in [0.4, 0.5) is 0 Å². The minimum atomic E-state index is -1.04. The first-order valence-corrected chi connectivity index (χ1v) is 11.4. The maximum absolute atomic E-state index is 13.7. The number of carbonyl (C=O) groups excluding carboxylic acids is 2. The van der Waals surface area contributed by atoms with Gasteiger partial charge in [0.15, 0.2) is 22.4 Å². The molecule has 2 unspecified atom stereocenters. The van der Waals surface area contributed by atoms with Gasteiger partial charge in [-0.05, 0) is 36.6 Å². The number of thioether (sulfide) groups is 1. The number of ether oxygens (including phenoxy) is 2. The summed E-state index contributed by atoms with van der Waals surface area (Å²) in [6, 6.07) is 12.9. The van der Waals surface area contributed by atoms with Crippen molar-refractivity contribution in [1.82, 2.24) is 5.32 Å². The zero-order valence-corrected chi connectivity index (χ0v) is 18.9. The van der Waals surface area contributed by atoms with E-state index in [0.717, 1.165) is 17.3 Å². The third kappa shape index (κ3) is 6.34. The molecule has 0 spiro atoms. The second-order valence-corrected chi connectivity index (χ2v) is 8.85. The summed E-state index contributed by atoms with van der Waals surface area (Å²) in [6.07, 6.45) is 0.391. The Labute approximate surface area is 191 Å². The molecule has 2 N–H and O–H groups in total. The first-order valence-electron chi connectivity index (χ1n) is 10.4. The van der Waals surface area contributed by atoms with Gasteiger partial charge in [0.25, 0.3) is 0 Å². The van der Waals surface area contributed by atoms with Crippen molar-refractivity contribution in [3.05, 3.63) is 59.7 Å². The molecular weight excluding hydrogens is 430 g/mol. The van der Waals surface area contributed by atoms with E-state index in [-0.39, 0.29) is 10.9 Å². The van der Waals surface area contributed by atoms with Crippen molar-refractivity contribution in [3.63, 3.8) is 0 Å². The van der Waals surface area contributed by atoms with E-state index in [1.165, 1.54) is 13.8 Å². The zero-order chi connectivity index (χ0) is 23.1. The normalized spacial score (nSPS) is 15.4. The van der Waals surface area contributed by atoms with E-state index in [2.05, 4.69) is 5.32 Å². The van der Waals surface area contributed by atoms with Crippen molar-refractivity contribution in [3.8, 4) is 11.5 Å². The number of Topliss-reactive ketones (excluding diaryl/α,β-unsaturated/α-hetero) is 1. The maximum atomic E-state index is 13.7. The molecule has 1 heterocycles. The molecular formula is C24H27NO6S. The van der Waals surface area contributed by atoms with Gasteiger partial charge in [0.05, 0.1) is 6.04 Å². The lowest BCUT2D eigenvalue weighted by atomic mass is 9.89. The highest BCUT2D eigenvalue weighted by Gasteiger charge is 2.31. The van der Waals surface area contributed by atoms with Gasteiger partial charge in [-0.25, -0.2) is 0 Å². The first kappa shape index (κ1) is 23.8. The molecule has 3 atom stereocenters. The van der Waals surface area contributed by atoms with Gasteiger partial charge in [-0.2, -0.15) is 0 Å². The third-order valence-electron chi connectivity index (χ3n) is 5.18. The summed E-state index contributed by atoms with van der Waals surface area (Å²) in [4.78, 5) is 36.8. The lowest BCUT2D eigenvalue weighted by molar-refractivity contribution is -0.139. The minimum Gasteiger partial charge on any atom is -0.486 e. The number of rotatable bonds is 10. The van der Waals surface area contributed by atoms with Crippen LogP contribution in [0.5, 0.6) is 11.5 Å². The first-order chi connectivity index (χ1) is 15.3. The van der Waals surface area contributed by atoms with Crippen LogP contribution in [0.3, 0.4) is 0 Å². The monoisotopic (exact) mass is 457 g/mol. The molecule has 0 aromatic heterocycles. The Morgan fingerprint density at radius 1 is 1.06 bits per heavy atom. The fourth-order valence-electron chi connectivity index (χ4n) is 3.50. The highest BCUT2D eigenvalue weighted by atomic mass is 32.2. The highest BCUT2D eigenvalue weighted by molar-refractivity contribution is 8.13. The largest absolute Gasteiger partial charge is 0.486 e. The van der Waals surface area contributed by atoms with Crippen LogP contribution in [0.1, 0.15) is 31.0 Å². The second-order valence-electron chi connectivity index (χ2n) is 7.65. The molecule has 8 heteroatoms. The number of hydrogen-bond acceptors (Lipinski definition) is 7. The lowest BCUT2D eigenvalue weighted by Crippen LogP contribution is -2.42. The summed E-state index contributed by atoms with van der Waals surface area (Å²) >= 11 is 1.09. The Balaban J connectivity index is 1.88. The van der Waals surface area contributed by atoms with Crippen molar-refractivity contribution < 1.29 is 29.0 Å². The predicted octanol–water partition coefficient (Wildman–Crippen LogP) is 3.27. The van der Waals surface area contributed by atoms with E-state index in [1.54, 1.807) is 12.1 Å². The molecule has 2 aromatic carbocycles. The van der Waals surface area contributed by atoms with Crippen LogP contribution >= 0.6 is 11.8 Å². The molecule has 1 aliphatic rings. The Morgan fingerprint density at radius 3 is 2.41 bits per heavy atom. The molecule has 170 valence electrons. The molecule has 32 heavy (non-hydrogen) atoms. The summed E-state index contributed by atoms with van der Waals surface area (Å²) in [7, 11) is 0. The van der Waals surface area contributed by atoms with Gasteiger partial charge >= 0.3 is 5.97 Å². The summed E-state index contributed by atoms with van der Waals surface area (Å²) < 4.78 is 11.2. The molecule has 0 saturated carbocycles. The molecule has 0 radical (unpaired) electrons. The lowest BCUT2D eigenvalue weighted by Gasteiger charge is -2.26. The summed E-state index contributed by atoms with van der Waals surface area (Å²) in [5, 5.41) is 12.2. The molecule has 2 aromatic rings. The van der Waals surface area contributed by atoms with Gasteiger partial charge < -0.3 is 14.6 Å². The van der Waals surface area contributed by atoms with Crippen LogP contribution in [0.2, 0.25) is 0 Å². The predicted molar refractivity (Wildman–Crippen MR) is 122 cm³/mol. The number of nitrogens with one attached hydrogen (secondary N) is 1. The fourth-order valence-corrected chi connectivity index (χ4v) is 4.22. The van der Waals surface area contributed by atoms with Crippen molar-refractivity contribution in [2.75, 3.05) is 19.0 Å². The van der Waals surface area contributed by atoms with E-state index in [4.69, 9.17) is 9.47 Å². The minimum absolute atomic E-state index is 0.0758. The van der Waals surface area contributed by atoms with Gasteiger partial charge in [-0.1, -0.05) is 48.2 Å². The Hall–Kier alpha value is -2.84. The topological polar surface area (TPSA) is 102 Å². The van der Waals surface area contributed by atoms with Crippen LogP contribution in [0.25, 0.3) is 0 Å². The number of ketones is 1. The van der Waals surface area contributed by atoms with Crippen molar-refractivity contribution >= 4 is 28.6 Å². The van der Waals surface area contributed by atoms with Gasteiger partial charge in [0.1, 0.15) is 19.3 Å². The quantitative estimate of drug-likeness (QED) is 0.561. The summed E-state index contributed by atoms with van der Waals surface area (Å²) in [5.74, 6) is -0.107. The molecule has 0 saturated heterocycles. The Bertz CT molecular complexity index is 964. The molecule has 0 amide bonds. The number of carbonyl (C=O) groups is 3. The maximum Gasteiger partial charge on any atom is 0.320 e. The van der Waals surface area contributed by atoms with Gasteiger partial charge in [0, 0.05) is 18.6 Å². The fraction of sp³-hybridized carbons (Fsp3) is 0.375. The zero-order valence-electron chi connectivity index (χ0n) is 18.1. The van der Waals surface area contributed by atoms with E-state index in [1.807, 2.05) is 36.4 Å². The van der Waals surface area contributed by atoms with Crippen LogP contribution in [-0.2, 0) is 20.8 Å².